The molecule has 0 saturated heterocycles. The van der Waals surface area contributed by atoms with Gasteiger partial charge in [0.05, 0.1) is 28.6 Å². The number of nitrogens with one attached hydrogen (secondary N) is 2. The van der Waals surface area contributed by atoms with Gasteiger partial charge < -0.3 is 9.88 Å². The fourth-order valence-electron chi connectivity index (χ4n) is 4.09. The predicted octanol–water partition coefficient (Wildman–Crippen LogP) is 6.31. The third kappa shape index (κ3) is 4.11. The van der Waals surface area contributed by atoms with Crippen LogP contribution in [0.25, 0.3) is 49.3 Å². The van der Waals surface area contributed by atoms with Crippen molar-refractivity contribution in [3.05, 3.63) is 84.2 Å². The zero-order valence-electron chi connectivity index (χ0n) is 19.5. The number of rotatable bonds is 7. The standard InChI is InChI=1S/C27H26N6S/c1-5-17(16-33(3)4)12-18(6-2)21-9-10-22-26(30-21)27(32-31-22)23-13-19-20(25-8-7-11-34-25)14-28-15-24(19)29-23/h5-15,29H,1,16H2,2-4H3,(H,31,32)/b17-12+,18-6+. The molecule has 5 rings (SSSR count). The van der Waals surface area contributed by atoms with Gasteiger partial charge in [-0.15, -0.1) is 11.3 Å². The molecule has 0 aromatic carbocycles. The van der Waals surface area contributed by atoms with Gasteiger partial charge in [0, 0.05) is 28.6 Å². The molecule has 5 aromatic heterocycles. The Hall–Kier alpha value is -3.81. The molecule has 0 saturated carbocycles. The number of likely N-dealkylation sites (N-methyl/N-ethyl adjacent to an activating group) is 1. The van der Waals surface area contributed by atoms with E-state index in [4.69, 9.17) is 4.98 Å². The maximum atomic E-state index is 5.00. The van der Waals surface area contributed by atoms with Crippen molar-refractivity contribution in [2.75, 3.05) is 20.6 Å². The van der Waals surface area contributed by atoms with Crippen molar-refractivity contribution in [1.82, 2.24) is 30.0 Å². The zero-order chi connectivity index (χ0) is 23.7. The number of hydrogen-bond donors (Lipinski definition) is 2. The molecule has 170 valence electrons. The first-order chi connectivity index (χ1) is 16.6. The average Bonchev–Trinajstić information content (AvgIpc) is 3.59. The highest BCUT2D eigenvalue weighted by Crippen LogP contribution is 2.35. The number of hydrogen-bond acceptors (Lipinski definition) is 5. The van der Waals surface area contributed by atoms with Crippen LogP contribution in [-0.4, -0.2) is 50.7 Å². The van der Waals surface area contributed by atoms with Crippen LogP contribution < -0.4 is 0 Å². The summed E-state index contributed by atoms with van der Waals surface area (Å²) in [6.45, 7) is 6.81. The lowest BCUT2D eigenvalue weighted by Gasteiger charge is -2.11. The summed E-state index contributed by atoms with van der Waals surface area (Å²) in [5, 5.41) is 10.9. The Morgan fingerprint density at radius 2 is 2.06 bits per heavy atom. The molecule has 2 N–H and O–H groups in total. The first-order valence-electron chi connectivity index (χ1n) is 11.1. The minimum atomic E-state index is 0.793. The highest BCUT2D eigenvalue weighted by molar-refractivity contribution is 7.13. The summed E-state index contributed by atoms with van der Waals surface area (Å²) in [7, 11) is 4.10. The molecule has 34 heavy (non-hydrogen) atoms. The molecular formula is C27H26N6S. The van der Waals surface area contributed by atoms with Crippen LogP contribution in [0.1, 0.15) is 12.6 Å². The number of aromatic amines is 2. The molecule has 0 radical (unpaired) electrons. The highest BCUT2D eigenvalue weighted by atomic mass is 32.1. The molecule has 0 amide bonds. The van der Waals surface area contributed by atoms with Gasteiger partial charge in [-0.1, -0.05) is 24.8 Å². The minimum absolute atomic E-state index is 0.793. The molecule has 0 aliphatic carbocycles. The highest BCUT2D eigenvalue weighted by Gasteiger charge is 2.16. The van der Waals surface area contributed by atoms with Crippen molar-refractivity contribution >= 4 is 38.8 Å². The van der Waals surface area contributed by atoms with E-state index in [-0.39, 0.29) is 0 Å². The molecule has 0 unspecified atom stereocenters. The SMILES string of the molecule is C=C/C(=C\C(=C/C)c1ccc2[nH]nc(-c3cc4c(-c5cccs5)cncc4[nH]3)c2n1)CN(C)C. The van der Waals surface area contributed by atoms with E-state index >= 15 is 0 Å². The van der Waals surface area contributed by atoms with Crippen molar-refractivity contribution in [3.8, 4) is 21.8 Å². The lowest BCUT2D eigenvalue weighted by atomic mass is 10.1. The summed E-state index contributed by atoms with van der Waals surface area (Å²) in [6.07, 6.45) is 9.89. The molecule has 6 nitrogen and oxygen atoms in total. The number of aromatic nitrogens is 5. The van der Waals surface area contributed by atoms with Gasteiger partial charge in [0.25, 0.3) is 0 Å². The smallest absolute Gasteiger partial charge is 0.135 e. The summed E-state index contributed by atoms with van der Waals surface area (Å²) in [5.41, 5.74) is 8.60. The predicted molar refractivity (Wildman–Crippen MR) is 143 cm³/mol. The summed E-state index contributed by atoms with van der Waals surface area (Å²) < 4.78 is 0. The average molecular weight is 467 g/mol. The fraction of sp³-hybridized carbons (Fsp3) is 0.148. The van der Waals surface area contributed by atoms with Crippen molar-refractivity contribution < 1.29 is 0 Å². The van der Waals surface area contributed by atoms with Crippen LogP contribution in [0.4, 0.5) is 0 Å². The topological polar surface area (TPSA) is 73.5 Å². The Morgan fingerprint density at radius 1 is 1.18 bits per heavy atom. The van der Waals surface area contributed by atoms with E-state index in [0.717, 1.165) is 62.3 Å². The molecule has 0 fully saturated rings. The second kappa shape index (κ2) is 9.21. The maximum absolute atomic E-state index is 5.00. The monoisotopic (exact) mass is 466 g/mol. The number of nitrogens with zero attached hydrogens (tertiary/aromatic N) is 4. The Bertz CT molecular complexity index is 1530. The quantitative estimate of drug-likeness (QED) is 0.276. The Balaban J connectivity index is 1.59. The van der Waals surface area contributed by atoms with E-state index in [1.54, 1.807) is 11.3 Å². The molecule has 0 aliphatic heterocycles. The van der Waals surface area contributed by atoms with Gasteiger partial charge in [0.15, 0.2) is 0 Å². The van der Waals surface area contributed by atoms with E-state index in [1.807, 2.05) is 37.5 Å². The van der Waals surface area contributed by atoms with Crippen molar-refractivity contribution in [2.24, 2.45) is 0 Å². The van der Waals surface area contributed by atoms with E-state index < -0.39 is 0 Å². The van der Waals surface area contributed by atoms with Gasteiger partial charge in [-0.2, -0.15) is 5.10 Å². The first kappa shape index (κ1) is 22.0. The van der Waals surface area contributed by atoms with Gasteiger partial charge in [-0.3, -0.25) is 10.1 Å². The maximum Gasteiger partial charge on any atom is 0.135 e. The van der Waals surface area contributed by atoms with Crippen LogP contribution in [0.2, 0.25) is 0 Å². The minimum Gasteiger partial charge on any atom is -0.352 e. The van der Waals surface area contributed by atoms with E-state index in [0.29, 0.717) is 0 Å². The Labute approximate surface area is 202 Å². The molecule has 0 aliphatic rings. The second-order valence-corrected chi connectivity index (χ2v) is 9.33. The summed E-state index contributed by atoms with van der Waals surface area (Å²) in [6, 6.07) is 10.4. The lowest BCUT2D eigenvalue weighted by Crippen LogP contribution is -2.14. The molecule has 0 atom stereocenters. The van der Waals surface area contributed by atoms with Crippen LogP contribution in [0.3, 0.4) is 0 Å². The van der Waals surface area contributed by atoms with Crippen molar-refractivity contribution in [3.63, 3.8) is 0 Å². The normalized spacial score (nSPS) is 12.8. The lowest BCUT2D eigenvalue weighted by molar-refractivity contribution is 0.449. The van der Waals surface area contributed by atoms with Crippen LogP contribution in [0, 0.1) is 0 Å². The van der Waals surface area contributed by atoms with Crippen molar-refractivity contribution in [2.45, 2.75) is 6.92 Å². The van der Waals surface area contributed by atoms with Gasteiger partial charge in [0.2, 0.25) is 0 Å². The second-order valence-electron chi connectivity index (χ2n) is 8.38. The fourth-order valence-corrected chi connectivity index (χ4v) is 4.84. The van der Waals surface area contributed by atoms with Gasteiger partial charge in [-0.05, 0) is 67.9 Å². The number of fused-ring (bicyclic) bond motifs is 2. The molecule has 0 spiro atoms. The molecule has 0 bridgehead atoms. The van der Waals surface area contributed by atoms with Crippen LogP contribution in [-0.2, 0) is 0 Å². The summed E-state index contributed by atoms with van der Waals surface area (Å²) in [5.74, 6) is 0. The number of thiophene rings is 1. The summed E-state index contributed by atoms with van der Waals surface area (Å²) in [4.78, 5) is 16.2. The van der Waals surface area contributed by atoms with Gasteiger partial charge in [-0.25, -0.2) is 4.98 Å². The van der Waals surface area contributed by atoms with E-state index in [1.165, 1.54) is 4.88 Å². The largest absolute Gasteiger partial charge is 0.352 e. The number of H-pyrrole nitrogens is 2. The van der Waals surface area contributed by atoms with Crippen LogP contribution >= 0.6 is 11.3 Å². The Morgan fingerprint density at radius 3 is 2.79 bits per heavy atom. The van der Waals surface area contributed by atoms with Crippen LogP contribution in [0.15, 0.2) is 78.5 Å². The Kier molecular flexibility index (Phi) is 5.96. The molecule has 7 heteroatoms. The molecular weight excluding hydrogens is 440 g/mol. The zero-order valence-corrected chi connectivity index (χ0v) is 20.3. The summed E-state index contributed by atoms with van der Waals surface area (Å²) >= 11 is 1.71. The third-order valence-electron chi connectivity index (χ3n) is 5.70. The van der Waals surface area contributed by atoms with Gasteiger partial charge in [0.1, 0.15) is 11.2 Å². The van der Waals surface area contributed by atoms with Crippen LogP contribution in [0.5, 0.6) is 0 Å². The molecule has 5 aromatic rings. The first-order valence-corrected chi connectivity index (χ1v) is 12.0. The van der Waals surface area contributed by atoms with Crippen molar-refractivity contribution in [1.29, 1.82) is 0 Å². The van der Waals surface area contributed by atoms with E-state index in [9.17, 15) is 0 Å². The molecule has 5 heterocycles. The number of allylic oxidation sites excluding steroid dienone is 3. The third-order valence-corrected chi connectivity index (χ3v) is 6.61. The van der Waals surface area contributed by atoms with Gasteiger partial charge >= 0.3 is 0 Å². The van der Waals surface area contributed by atoms with E-state index in [2.05, 4.69) is 81.5 Å². The number of pyridine rings is 2.